The lowest BCUT2D eigenvalue weighted by Gasteiger charge is -2.22. The summed E-state index contributed by atoms with van der Waals surface area (Å²) in [4.78, 5) is 9.61. The summed E-state index contributed by atoms with van der Waals surface area (Å²) in [6.45, 7) is 2.06. The lowest BCUT2D eigenvalue weighted by atomic mass is 9.96. The summed E-state index contributed by atoms with van der Waals surface area (Å²) in [7, 11) is -2.95. The highest BCUT2D eigenvalue weighted by Gasteiger charge is 2.28. The molecular weight excluding hydrogens is 412 g/mol. The number of rotatable bonds is 2. The maximum Gasteiger partial charge on any atom is 0.165 e. The lowest BCUT2D eigenvalue weighted by molar-refractivity contribution is 0.546. The second kappa shape index (κ2) is 6.58. The van der Waals surface area contributed by atoms with Crippen LogP contribution in [0.1, 0.15) is 30.0 Å². The molecule has 8 nitrogen and oxygen atoms in total. The Morgan fingerprint density at radius 3 is 2.77 bits per heavy atom. The number of nitrogens with zero attached hydrogens (tertiary/aromatic N) is 5. The molecule has 5 aromatic rings. The quantitative estimate of drug-likeness (QED) is 0.458. The van der Waals surface area contributed by atoms with E-state index in [0.29, 0.717) is 18.5 Å². The number of H-pyrrole nitrogens is 1. The Hall–Kier alpha value is -3.33. The fourth-order valence-electron chi connectivity index (χ4n) is 4.49. The van der Waals surface area contributed by atoms with Gasteiger partial charge in [-0.2, -0.15) is 14.7 Å². The molecule has 1 aromatic carbocycles. The van der Waals surface area contributed by atoms with Crippen LogP contribution in [0, 0.1) is 6.92 Å². The predicted molar refractivity (Wildman–Crippen MR) is 119 cm³/mol. The highest BCUT2D eigenvalue weighted by atomic mass is 32.2. The normalized spacial score (nSPS) is 17.1. The molecule has 0 atom stereocenters. The van der Waals surface area contributed by atoms with Crippen molar-refractivity contribution in [3.63, 3.8) is 0 Å². The second-order valence-corrected chi connectivity index (χ2v) is 10.6. The van der Waals surface area contributed by atoms with Crippen LogP contribution < -0.4 is 0 Å². The third-order valence-electron chi connectivity index (χ3n) is 6.17. The zero-order valence-corrected chi connectivity index (χ0v) is 17.7. The first kappa shape index (κ1) is 18.4. The van der Waals surface area contributed by atoms with Gasteiger partial charge in [-0.05, 0) is 38.0 Å². The van der Waals surface area contributed by atoms with E-state index in [1.807, 2.05) is 12.3 Å². The Kier molecular flexibility index (Phi) is 3.92. The average molecular weight is 433 g/mol. The second-order valence-electron chi connectivity index (χ2n) is 8.27. The van der Waals surface area contributed by atoms with Crippen LogP contribution in [0.4, 0.5) is 0 Å². The molecule has 6 rings (SSSR count). The van der Waals surface area contributed by atoms with Crippen LogP contribution in [0.5, 0.6) is 0 Å². The van der Waals surface area contributed by atoms with E-state index in [1.54, 1.807) is 16.9 Å². The molecule has 0 saturated carbocycles. The standard InChI is InChI=1S/C22H20N6O2S/c1-13-2-3-19-15(8-13)9-16(10-23-19)17-12-25-28-21(17)26-20(18-11-24-27-22(18)28)14-4-6-31(29,30)7-5-14/h2-3,8-12,14H,4-7H2,1H3,(H,24,27). The first-order valence-corrected chi connectivity index (χ1v) is 12.1. The van der Waals surface area contributed by atoms with Crippen molar-refractivity contribution in [3.05, 3.63) is 54.1 Å². The molecule has 1 aliphatic rings. The Morgan fingerprint density at radius 2 is 1.94 bits per heavy atom. The highest BCUT2D eigenvalue weighted by molar-refractivity contribution is 7.91. The molecule has 0 spiro atoms. The van der Waals surface area contributed by atoms with Crippen molar-refractivity contribution >= 4 is 37.4 Å². The van der Waals surface area contributed by atoms with Gasteiger partial charge in [0.05, 0.1) is 40.5 Å². The number of pyridine rings is 1. The number of benzene rings is 1. The number of aryl methyl sites for hydroxylation is 1. The Bertz CT molecular complexity index is 1570. The minimum absolute atomic E-state index is 0.0775. The number of aromatic amines is 1. The van der Waals surface area contributed by atoms with Crippen molar-refractivity contribution in [2.24, 2.45) is 0 Å². The Labute approximate surface area is 178 Å². The van der Waals surface area contributed by atoms with Gasteiger partial charge in [0.25, 0.3) is 0 Å². The zero-order valence-electron chi connectivity index (χ0n) is 16.9. The van der Waals surface area contributed by atoms with Crippen molar-refractivity contribution < 1.29 is 8.42 Å². The van der Waals surface area contributed by atoms with Gasteiger partial charge in [0, 0.05) is 28.6 Å². The maximum absolute atomic E-state index is 11.9. The fourth-order valence-corrected chi connectivity index (χ4v) is 5.98. The zero-order chi connectivity index (χ0) is 21.2. The number of fused-ring (bicyclic) bond motifs is 4. The van der Waals surface area contributed by atoms with Gasteiger partial charge in [0.1, 0.15) is 9.84 Å². The van der Waals surface area contributed by atoms with Crippen molar-refractivity contribution in [1.29, 1.82) is 0 Å². The molecule has 4 aromatic heterocycles. The van der Waals surface area contributed by atoms with E-state index in [9.17, 15) is 8.42 Å². The van der Waals surface area contributed by atoms with Gasteiger partial charge in [-0.15, -0.1) is 0 Å². The number of sulfone groups is 1. The van der Waals surface area contributed by atoms with Gasteiger partial charge in [-0.25, -0.2) is 13.4 Å². The Morgan fingerprint density at radius 1 is 1.10 bits per heavy atom. The molecule has 0 unspecified atom stereocenters. The molecule has 1 N–H and O–H groups in total. The molecule has 0 radical (unpaired) electrons. The summed E-state index contributed by atoms with van der Waals surface area (Å²) in [6.07, 6.45) is 6.55. The monoisotopic (exact) mass is 432 g/mol. The van der Waals surface area contributed by atoms with Crippen LogP contribution in [-0.2, 0) is 9.84 Å². The molecule has 1 saturated heterocycles. The molecule has 5 heterocycles. The smallest absolute Gasteiger partial charge is 0.165 e. The number of hydrogen-bond acceptors (Lipinski definition) is 6. The van der Waals surface area contributed by atoms with Crippen LogP contribution in [0.25, 0.3) is 38.7 Å². The summed E-state index contributed by atoms with van der Waals surface area (Å²) in [6, 6.07) is 8.30. The number of hydrogen-bond donors (Lipinski definition) is 1. The van der Waals surface area contributed by atoms with Gasteiger partial charge in [-0.3, -0.25) is 10.1 Å². The van der Waals surface area contributed by atoms with E-state index in [1.165, 1.54) is 5.56 Å². The minimum atomic E-state index is -2.95. The molecule has 0 amide bonds. The summed E-state index contributed by atoms with van der Waals surface area (Å²) in [5, 5.41) is 13.8. The third kappa shape index (κ3) is 2.99. The number of nitrogens with one attached hydrogen (secondary N) is 1. The summed E-state index contributed by atoms with van der Waals surface area (Å²) in [5.74, 6) is 0.474. The molecule has 156 valence electrons. The van der Waals surface area contributed by atoms with E-state index in [0.717, 1.165) is 38.8 Å². The summed E-state index contributed by atoms with van der Waals surface area (Å²) >= 11 is 0. The fraction of sp³-hybridized carbons (Fsp3) is 0.273. The molecule has 9 heteroatoms. The van der Waals surface area contributed by atoms with E-state index in [-0.39, 0.29) is 17.4 Å². The first-order chi connectivity index (χ1) is 15.0. The molecule has 31 heavy (non-hydrogen) atoms. The predicted octanol–water partition coefficient (Wildman–Crippen LogP) is 3.42. The summed E-state index contributed by atoms with van der Waals surface area (Å²) < 4.78 is 25.6. The molecule has 1 fully saturated rings. The van der Waals surface area contributed by atoms with Crippen molar-refractivity contribution in [1.82, 2.24) is 29.8 Å². The van der Waals surface area contributed by atoms with Crippen molar-refractivity contribution in [2.45, 2.75) is 25.7 Å². The van der Waals surface area contributed by atoms with E-state index in [4.69, 9.17) is 4.98 Å². The van der Waals surface area contributed by atoms with Crippen molar-refractivity contribution in [3.8, 4) is 11.1 Å². The van der Waals surface area contributed by atoms with Gasteiger partial charge in [-0.1, -0.05) is 11.6 Å². The van der Waals surface area contributed by atoms with Crippen LogP contribution in [-0.4, -0.2) is 49.7 Å². The molecule has 0 aliphatic carbocycles. The minimum Gasteiger partial charge on any atom is -0.261 e. The van der Waals surface area contributed by atoms with Crippen LogP contribution in [0.2, 0.25) is 0 Å². The third-order valence-corrected chi connectivity index (χ3v) is 7.88. The van der Waals surface area contributed by atoms with Crippen LogP contribution in [0.15, 0.2) is 42.9 Å². The SMILES string of the molecule is Cc1ccc2ncc(-c3cnn4c3nc(C3CCS(=O)(=O)CC3)c3cn[nH]c34)cc2c1. The van der Waals surface area contributed by atoms with Gasteiger partial charge < -0.3 is 0 Å². The lowest BCUT2D eigenvalue weighted by Crippen LogP contribution is -2.23. The van der Waals surface area contributed by atoms with E-state index < -0.39 is 9.84 Å². The maximum atomic E-state index is 11.9. The molecular formula is C22H20N6O2S. The van der Waals surface area contributed by atoms with Gasteiger partial charge in [0.15, 0.2) is 11.3 Å². The highest BCUT2D eigenvalue weighted by Crippen LogP contribution is 2.34. The summed E-state index contributed by atoms with van der Waals surface area (Å²) in [5.41, 5.74) is 6.32. The topological polar surface area (TPSA) is 106 Å². The van der Waals surface area contributed by atoms with E-state index >= 15 is 0 Å². The van der Waals surface area contributed by atoms with Crippen LogP contribution >= 0.6 is 0 Å². The van der Waals surface area contributed by atoms with Crippen LogP contribution in [0.3, 0.4) is 0 Å². The first-order valence-electron chi connectivity index (χ1n) is 10.3. The van der Waals surface area contributed by atoms with Gasteiger partial charge >= 0.3 is 0 Å². The number of aromatic nitrogens is 6. The Balaban J connectivity index is 1.54. The van der Waals surface area contributed by atoms with Crippen molar-refractivity contribution in [2.75, 3.05) is 11.5 Å². The average Bonchev–Trinajstić information content (AvgIpc) is 3.39. The van der Waals surface area contributed by atoms with Gasteiger partial charge in [0.2, 0.25) is 0 Å². The van der Waals surface area contributed by atoms with E-state index in [2.05, 4.69) is 45.4 Å². The largest absolute Gasteiger partial charge is 0.261 e. The molecule has 0 bridgehead atoms. The molecule has 1 aliphatic heterocycles.